The van der Waals surface area contributed by atoms with Crippen LogP contribution in [0.2, 0.25) is 0 Å². The molecule has 0 aliphatic heterocycles. The molecule has 0 aromatic heterocycles. The predicted molar refractivity (Wildman–Crippen MR) is 82.8 cm³/mol. The molecule has 0 N–H and O–H groups in total. The highest BCUT2D eigenvalue weighted by molar-refractivity contribution is 7.99. The zero-order valence-corrected chi connectivity index (χ0v) is 12.8. The molecule has 0 atom stereocenters. The van der Waals surface area contributed by atoms with Gasteiger partial charge in [0, 0.05) is 11.3 Å². The smallest absolute Gasteiger partial charge is 0.172 e. The Kier molecular flexibility index (Phi) is 5.12. The van der Waals surface area contributed by atoms with Crippen molar-refractivity contribution in [2.24, 2.45) is 0 Å². The van der Waals surface area contributed by atoms with E-state index < -0.39 is 11.6 Å². The second-order valence-corrected chi connectivity index (χ2v) is 6.03. The number of ketones is 1. The van der Waals surface area contributed by atoms with E-state index in [1.54, 1.807) is 0 Å². The van der Waals surface area contributed by atoms with Crippen molar-refractivity contribution in [2.75, 3.05) is 5.75 Å². The molecule has 1 nitrogen and oxygen atoms in total. The van der Waals surface area contributed by atoms with Gasteiger partial charge in [-0.05, 0) is 37.6 Å². The van der Waals surface area contributed by atoms with Gasteiger partial charge in [0.1, 0.15) is 0 Å². The summed E-state index contributed by atoms with van der Waals surface area (Å²) in [6.45, 7) is 4.07. The Hall–Kier alpha value is -1.68. The van der Waals surface area contributed by atoms with Crippen molar-refractivity contribution in [3.05, 3.63) is 70.3 Å². The normalized spacial score (nSPS) is 10.7. The minimum atomic E-state index is -0.986. The fourth-order valence-electron chi connectivity index (χ4n) is 2.17. The largest absolute Gasteiger partial charge is 0.293 e. The molecule has 2 aromatic carbocycles. The van der Waals surface area contributed by atoms with Crippen LogP contribution in [0, 0.1) is 25.5 Å². The van der Waals surface area contributed by atoms with Gasteiger partial charge < -0.3 is 0 Å². The van der Waals surface area contributed by atoms with Crippen LogP contribution in [0.3, 0.4) is 0 Å². The molecular formula is C17H16F2OS. The molecule has 0 radical (unpaired) electrons. The van der Waals surface area contributed by atoms with Gasteiger partial charge in [0.15, 0.2) is 17.4 Å². The molecule has 0 bridgehead atoms. The van der Waals surface area contributed by atoms with Crippen LogP contribution in [0.4, 0.5) is 8.78 Å². The third kappa shape index (κ3) is 4.39. The number of hydrogen-bond donors (Lipinski definition) is 0. The van der Waals surface area contributed by atoms with Crippen LogP contribution in [-0.2, 0) is 5.75 Å². The number of hydrogen-bond acceptors (Lipinski definition) is 2. The van der Waals surface area contributed by atoms with Gasteiger partial charge in [0.25, 0.3) is 0 Å². The SMILES string of the molecule is Cc1cc(C)cc(CSCC(=O)c2ccc(F)c(F)c2)c1. The van der Waals surface area contributed by atoms with Crippen LogP contribution in [-0.4, -0.2) is 11.5 Å². The van der Waals surface area contributed by atoms with Gasteiger partial charge in [-0.1, -0.05) is 29.3 Å². The highest BCUT2D eigenvalue weighted by atomic mass is 32.2. The standard InChI is InChI=1S/C17H16F2OS/c1-11-5-12(2)7-13(6-11)9-21-10-17(20)14-3-4-15(18)16(19)8-14/h3-8H,9-10H2,1-2H3. The summed E-state index contributed by atoms with van der Waals surface area (Å²) in [5, 5.41) is 0. The predicted octanol–water partition coefficient (Wildman–Crippen LogP) is 4.70. The first-order valence-corrected chi connectivity index (χ1v) is 7.74. The van der Waals surface area contributed by atoms with Crippen LogP contribution >= 0.6 is 11.8 Å². The summed E-state index contributed by atoms with van der Waals surface area (Å²) in [5.74, 6) is -1.14. The molecule has 2 rings (SSSR count). The number of thioether (sulfide) groups is 1. The van der Waals surface area contributed by atoms with Gasteiger partial charge in [0.05, 0.1) is 5.75 Å². The monoisotopic (exact) mass is 306 g/mol. The Morgan fingerprint density at radius 3 is 2.29 bits per heavy atom. The summed E-state index contributed by atoms with van der Waals surface area (Å²) in [5.41, 5.74) is 3.76. The lowest BCUT2D eigenvalue weighted by Crippen LogP contribution is -2.04. The van der Waals surface area contributed by atoms with Crippen molar-refractivity contribution < 1.29 is 13.6 Å². The minimum absolute atomic E-state index is 0.191. The van der Waals surface area contributed by atoms with Gasteiger partial charge in [-0.2, -0.15) is 0 Å². The lowest BCUT2D eigenvalue weighted by Gasteiger charge is -2.05. The molecule has 0 unspecified atom stereocenters. The summed E-state index contributed by atoms with van der Waals surface area (Å²) >= 11 is 1.47. The molecule has 0 aliphatic rings. The molecule has 21 heavy (non-hydrogen) atoms. The second kappa shape index (κ2) is 6.85. The van der Waals surface area contributed by atoms with Gasteiger partial charge in [-0.3, -0.25) is 4.79 Å². The Bertz CT molecular complexity index is 648. The minimum Gasteiger partial charge on any atom is -0.293 e. The van der Waals surface area contributed by atoms with Crippen molar-refractivity contribution in [3.8, 4) is 0 Å². The van der Waals surface area contributed by atoms with Crippen molar-refractivity contribution in [1.29, 1.82) is 0 Å². The molecule has 0 amide bonds. The van der Waals surface area contributed by atoms with Gasteiger partial charge in [-0.25, -0.2) is 8.78 Å². The molecule has 0 fully saturated rings. The summed E-state index contributed by atoms with van der Waals surface area (Å²) in [7, 11) is 0. The first kappa shape index (κ1) is 15.7. The van der Waals surface area contributed by atoms with Crippen molar-refractivity contribution in [1.82, 2.24) is 0 Å². The van der Waals surface area contributed by atoms with Crippen LogP contribution in [0.5, 0.6) is 0 Å². The van der Waals surface area contributed by atoms with E-state index in [0.29, 0.717) is 0 Å². The van der Waals surface area contributed by atoms with Crippen LogP contribution in [0.1, 0.15) is 27.0 Å². The Labute approximate surface area is 127 Å². The number of benzene rings is 2. The number of Topliss-reactive ketones (excluding diaryl/α,β-unsaturated/α-hetero) is 1. The first-order chi connectivity index (χ1) is 9.95. The van der Waals surface area contributed by atoms with E-state index in [4.69, 9.17) is 0 Å². The van der Waals surface area contributed by atoms with Crippen molar-refractivity contribution >= 4 is 17.5 Å². The van der Waals surface area contributed by atoms with E-state index in [2.05, 4.69) is 18.2 Å². The molecule has 110 valence electrons. The zero-order chi connectivity index (χ0) is 15.4. The molecular weight excluding hydrogens is 290 g/mol. The summed E-state index contributed by atoms with van der Waals surface area (Å²) in [4.78, 5) is 11.9. The quantitative estimate of drug-likeness (QED) is 0.745. The average Bonchev–Trinajstić information content (AvgIpc) is 2.40. The molecule has 0 heterocycles. The van der Waals surface area contributed by atoms with E-state index in [9.17, 15) is 13.6 Å². The molecule has 0 saturated carbocycles. The molecule has 0 aliphatic carbocycles. The highest BCUT2D eigenvalue weighted by Crippen LogP contribution is 2.18. The molecule has 4 heteroatoms. The van der Waals surface area contributed by atoms with E-state index in [1.807, 2.05) is 13.8 Å². The zero-order valence-electron chi connectivity index (χ0n) is 12.0. The van der Waals surface area contributed by atoms with E-state index in [-0.39, 0.29) is 17.1 Å². The Morgan fingerprint density at radius 2 is 1.67 bits per heavy atom. The van der Waals surface area contributed by atoms with Crippen LogP contribution in [0.25, 0.3) is 0 Å². The third-order valence-electron chi connectivity index (χ3n) is 3.02. The van der Waals surface area contributed by atoms with Crippen LogP contribution in [0.15, 0.2) is 36.4 Å². The van der Waals surface area contributed by atoms with Crippen molar-refractivity contribution in [3.63, 3.8) is 0 Å². The maximum absolute atomic E-state index is 13.1. The summed E-state index contributed by atoms with van der Waals surface area (Å²) in [6, 6.07) is 9.52. The summed E-state index contributed by atoms with van der Waals surface area (Å²) < 4.78 is 25.9. The molecule has 0 saturated heterocycles. The maximum Gasteiger partial charge on any atom is 0.172 e. The second-order valence-electron chi connectivity index (χ2n) is 5.04. The van der Waals surface area contributed by atoms with E-state index in [1.165, 1.54) is 29.0 Å². The van der Waals surface area contributed by atoms with E-state index in [0.717, 1.165) is 23.4 Å². The Balaban J connectivity index is 1.93. The average molecular weight is 306 g/mol. The maximum atomic E-state index is 13.1. The number of carbonyl (C=O) groups is 1. The van der Waals surface area contributed by atoms with E-state index >= 15 is 0 Å². The number of carbonyl (C=O) groups excluding carboxylic acids is 1. The fraction of sp³-hybridized carbons (Fsp3) is 0.235. The number of halogens is 2. The van der Waals surface area contributed by atoms with Gasteiger partial charge >= 0.3 is 0 Å². The molecule has 2 aromatic rings. The van der Waals surface area contributed by atoms with Crippen LogP contribution < -0.4 is 0 Å². The Morgan fingerprint density at radius 1 is 1.00 bits per heavy atom. The fourth-order valence-corrected chi connectivity index (χ4v) is 3.02. The lowest BCUT2D eigenvalue weighted by atomic mass is 10.1. The van der Waals surface area contributed by atoms with Gasteiger partial charge in [-0.15, -0.1) is 11.8 Å². The number of aryl methyl sites for hydroxylation is 2. The lowest BCUT2D eigenvalue weighted by molar-refractivity contribution is 0.102. The topological polar surface area (TPSA) is 17.1 Å². The first-order valence-electron chi connectivity index (χ1n) is 6.59. The third-order valence-corrected chi connectivity index (χ3v) is 4.03. The van der Waals surface area contributed by atoms with Crippen molar-refractivity contribution in [2.45, 2.75) is 19.6 Å². The molecule has 0 spiro atoms. The van der Waals surface area contributed by atoms with Gasteiger partial charge in [0.2, 0.25) is 0 Å². The number of rotatable bonds is 5. The highest BCUT2D eigenvalue weighted by Gasteiger charge is 2.10. The summed E-state index contributed by atoms with van der Waals surface area (Å²) in [6.07, 6.45) is 0.